The van der Waals surface area contributed by atoms with Crippen LogP contribution in [0.25, 0.3) is 0 Å². The lowest BCUT2D eigenvalue weighted by Gasteiger charge is -2.07. The Morgan fingerprint density at radius 3 is 2.60 bits per heavy atom. The van der Waals surface area contributed by atoms with Gasteiger partial charge >= 0.3 is 0 Å². The average Bonchev–Trinajstić information content (AvgIpc) is 1.98. The molecule has 0 fully saturated rings. The minimum absolute atomic E-state index is 0.187. The molecular weight excluding hydrogens is 132 g/mol. The van der Waals surface area contributed by atoms with E-state index >= 15 is 0 Å². The van der Waals surface area contributed by atoms with Crippen LogP contribution in [0.3, 0.4) is 0 Å². The Kier molecular flexibility index (Phi) is 6.91. The van der Waals surface area contributed by atoms with E-state index in [2.05, 4.69) is 0 Å². The molecule has 0 aliphatic rings. The van der Waals surface area contributed by atoms with Crippen molar-refractivity contribution in [1.82, 2.24) is 0 Å². The molecule has 1 atom stereocenters. The van der Waals surface area contributed by atoms with Gasteiger partial charge in [-0.05, 0) is 0 Å². The molecule has 0 radical (unpaired) electrons. The van der Waals surface area contributed by atoms with Crippen LogP contribution in [-0.4, -0.2) is 38.6 Å². The van der Waals surface area contributed by atoms with Crippen molar-refractivity contribution in [1.29, 1.82) is 0 Å². The van der Waals surface area contributed by atoms with Gasteiger partial charge in [-0.25, -0.2) is 0 Å². The van der Waals surface area contributed by atoms with Gasteiger partial charge in [0.25, 0.3) is 0 Å². The van der Waals surface area contributed by atoms with Crippen LogP contribution in [0, 0.1) is 5.92 Å². The number of ether oxygens (including phenoxy) is 2. The first-order valence-corrected chi connectivity index (χ1v) is 3.48. The fourth-order valence-corrected chi connectivity index (χ4v) is 0.479. The van der Waals surface area contributed by atoms with E-state index < -0.39 is 0 Å². The van der Waals surface area contributed by atoms with E-state index in [1.165, 1.54) is 0 Å². The van der Waals surface area contributed by atoms with Gasteiger partial charge in [0.05, 0.1) is 19.8 Å². The summed E-state index contributed by atoms with van der Waals surface area (Å²) in [5, 5.41) is 8.58. The van der Waals surface area contributed by atoms with Crippen molar-refractivity contribution >= 4 is 0 Å². The lowest BCUT2D eigenvalue weighted by atomic mass is 10.2. The maximum atomic E-state index is 8.58. The molecule has 0 unspecified atom stereocenters. The van der Waals surface area contributed by atoms with Crippen LogP contribution >= 0.6 is 0 Å². The van der Waals surface area contributed by atoms with Gasteiger partial charge in [-0.15, -0.1) is 0 Å². The maximum Gasteiger partial charge on any atom is 0.0700 e. The van der Waals surface area contributed by atoms with Gasteiger partial charge in [0.1, 0.15) is 0 Å². The van der Waals surface area contributed by atoms with Gasteiger partial charge in [-0.1, -0.05) is 6.92 Å². The molecule has 3 nitrogen and oxygen atoms in total. The van der Waals surface area contributed by atoms with Gasteiger partial charge in [0, 0.05) is 19.6 Å². The molecule has 0 aliphatic heterocycles. The van der Waals surface area contributed by atoms with Crippen molar-refractivity contribution in [3.8, 4) is 0 Å². The highest BCUT2D eigenvalue weighted by Crippen LogP contribution is 1.92. The van der Waals surface area contributed by atoms with Crippen LogP contribution in [-0.2, 0) is 9.47 Å². The molecule has 1 N–H and O–H groups in total. The maximum absolute atomic E-state index is 8.58. The summed E-state index contributed by atoms with van der Waals surface area (Å²) < 4.78 is 9.91. The molecule has 0 aromatic rings. The molecule has 0 bridgehead atoms. The van der Waals surface area contributed by atoms with E-state index in [-0.39, 0.29) is 12.5 Å². The summed E-state index contributed by atoms with van der Waals surface area (Å²) >= 11 is 0. The normalized spacial score (nSPS) is 13.5. The Labute approximate surface area is 62.0 Å². The first kappa shape index (κ1) is 9.88. The fourth-order valence-electron chi connectivity index (χ4n) is 0.479. The van der Waals surface area contributed by atoms with E-state index in [4.69, 9.17) is 14.6 Å². The highest BCUT2D eigenvalue weighted by molar-refractivity contribution is 4.45. The molecule has 0 amide bonds. The lowest BCUT2D eigenvalue weighted by Crippen LogP contribution is -2.12. The summed E-state index contributed by atoms with van der Waals surface area (Å²) in [5.41, 5.74) is 0. The highest BCUT2D eigenvalue weighted by atomic mass is 16.5. The monoisotopic (exact) mass is 148 g/mol. The zero-order chi connectivity index (χ0) is 7.82. The summed E-state index contributed by atoms with van der Waals surface area (Å²) in [5.74, 6) is 0.233. The summed E-state index contributed by atoms with van der Waals surface area (Å²) in [6, 6.07) is 0. The lowest BCUT2D eigenvalue weighted by molar-refractivity contribution is 0.0421. The summed E-state index contributed by atoms with van der Waals surface area (Å²) in [4.78, 5) is 0. The molecular formula is C7H16O3. The Hall–Kier alpha value is -0.120. The van der Waals surface area contributed by atoms with E-state index in [1.807, 2.05) is 6.92 Å². The van der Waals surface area contributed by atoms with Gasteiger partial charge < -0.3 is 14.6 Å². The van der Waals surface area contributed by atoms with Crippen molar-refractivity contribution < 1.29 is 14.6 Å². The van der Waals surface area contributed by atoms with Crippen molar-refractivity contribution in [2.75, 3.05) is 33.5 Å². The largest absolute Gasteiger partial charge is 0.396 e. The third-order valence-electron chi connectivity index (χ3n) is 1.15. The zero-order valence-corrected chi connectivity index (χ0v) is 6.67. The van der Waals surface area contributed by atoms with Gasteiger partial charge in [0.2, 0.25) is 0 Å². The fraction of sp³-hybridized carbons (Fsp3) is 1.00. The van der Waals surface area contributed by atoms with Gasteiger partial charge in [-0.3, -0.25) is 0 Å². The minimum Gasteiger partial charge on any atom is -0.396 e. The van der Waals surface area contributed by atoms with Gasteiger partial charge in [-0.2, -0.15) is 0 Å². The second-order valence-electron chi connectivity index (χ2n) is 2.36. The Morgan fingerprint density at radius 1 is 1.40 bits per heavy atom. The molecule has 0 rings (SSSR count). The van der Waals surface area contributed by atoms with Crippen LogP contribution in [0.5, 0.6) is 0 Å². The molecule has 0 spiro atoms. The molecule has 10 heavy (non-hydrogen) atoms. The molecule has 0 saturated carbocycles. The molecule has 0 heterocycles. The molecule has 0 aromatic carbocycles. The topological polar surface area (TPSA) is 38.7 Å². The predicted octanol–water partition coefficient (Wildman–Crippen LogP) is 0.278. The number of methoxy groups -OCH3 is 1. The number of rotatable bonds is 6. The van der Waals surface area contributed by atoms with Crippen molar-refractivity contribution in [2.24, 2.45) is 5.92 Å². The molecule has 0 aromatic heterocycles. The van der Waals surface area contributed by atoms with E-state index in [0.29, 0.717) is 19.8 Å². The van der Waals surface area contributed by atoms with E-state index in [0.717, 1.165) is 0 Å². The van der Waals surface area contributed by atoms with Crippen molar-refractivity contribution in [2.45, 2.75) is 6.92 Å². The molecule has 0 aliphatic carbocycles. The third kappa shape index (κ3) is 6.01. The minimum atomic E-state index is 0.187. The van der Waals surface area contributed by atoms with Crippen LogP contribution in [0.2, 0.25) is 0 Å². The zero-order valence-electron chi connectivity index (χ0n) is 6.67. The number of hydrogen-bond acceptors (Lipinski definition) is 3. The average molecular weight is 148 g/mol. The number of aliphatic hydroxyl groups excluding tert-OH is 1. The van der Waals surface area contributed by atoms with Crippen molar-refractivity contribution in [3.05, 3.63) is 0 Å². The Balaban J connectivity index is 2.89. The van der Waals surface area contributed by atoms with Gasteiger partial charge in [0.15, 0.2) is 0 Å². The Bertz CT molecular complexity index is 65.9. The second-order valence-corrected chi connectivity index (χ2v) is 2.36. The Morgan fingerprint density at radius 2 is 2.10 bits per heavy atom. The number of hydrogen-bond donors (Lipinski definition) is 1. The summed E-state index contributed by atoms with van der Waals surface area (Å²) in [6.07, 6.45) is 0. The molecule has 62 valence electrons. The number of aliphatic hydroxyl groups is 1. The second kappa shape index (κ2) is 6.99. The van der Waals surface area contributed by atoms with Crippen LogP contribution in [0.1, 0.15) is 6.92 Å². The SMILES string of the molecule is COCCOC[C@H](C)CO. The van der Waals surface area contributed by atoms with Crippen LogP contribution < -0.4 is 0 Å². The quantitative estimate of drug-likeness (QED) is 0.550. The predicted molar refractivity (Wildman–Crippen MR) is 38.9 cm³/mol. The van der Waals surface area contributed by atoms with Crippen molar-refractivity contribution in [3.63, 3.8) is 0 Å². The third-order valence-corrected chi connectivity index (χ3v) is 1.15. The van der Waals surface area contributed by atoms with E-state index in [1.54, 1.807) is 7.11 Å². The van der Waals surface area contributed by atoms with Crippen LogP contribution in [0.4, 0.5) is 0 Å². The first-order valence-electron chi connectivity index (χ1n) is 3.48. The molecule has 0 saturated heterocycles. The highest BCUT2D eigenvalue weighted by Gasteiger charge is 1.97. The molecule has 3 heteroatoms. The smallest absolute Gasteiger partial charge is 0.0700 e. The summed E-state index contributed by atoms with van der Waals surface area (Å²) in [6.45, 7) is 3.97. The standard InChI is InChI=1S/C7H16O3/c1-7(5-8)6-10-4-3-9-2/h7-8H,3-6H2,1-2H3/t7-/m1/s1. The van der Waals surface area contributed by atoms with E-state index in [9.17, 15) is 0 Å². The first-order chi connectivity index (χ1) is 4.81. The van der Waals surface area contributed by atoms with Crippen LogP contribution in [0.15, 0.2) is 0 Å². The summed E-state index contributed by atoms with van der Waals surface area (Å²) in [7, 11) is 1.64.